The molecule has 0 heterocycles. The Morgan fingerprint density at radius 3 is 2.93 bits per heavy atom. The number of carbonyl (C=O) groups is 1. The van der Waals surface area contributed by atoms with E-state index in [1.165, 1.54) is 0 Å². The highest BCUT2D eigenvalue weighted by Crippen LogP contribution is 2.26. The smallest absolute Gasteiger partial charge is 0.225 e. The first-order valence-corrected chi connectivity index (χ1v) is 4.57. The summed E-state index contributed by atoms with van der Waals surface area (Å²) in [6.45, 7) is 0. The molecule has 0 aromatic heterocycles. The highest BCUT2D eigenvalue weighted by atomic mass is 16.5. The Balaban J connectivity index is 2.79. The average molecular weight is 211 g/mol. The van der Waals surface area contributed by atoms with Crippen LogP contribution in [0.15, 0.2) is 16.9 Å². The third-order valence-corrected chi connectivity index (χ3v) is 2.39. The summed E-state index contributed by atoms with van der Waals surface area (Å²) in [5.74, 6) is -0.233. The number of azide groups is 1. The Kier molecular flexibility index (Phi) is 4.15. The van der Waals surface area contributed by atoms with Crippen LogP contribution in [0.4, 0.5) is 0 Å². The van der Waals surface area contributed by atoms with Gasteiger partial charge in [0.2, 0.25) is 5.91 Å². The van der Waals surface area contributed by atoms with E-state index in [4.69, 9.17) is 15.0 Å². The number of rotatable bonds is 3. The molecule has 0 saturated heterocycles. The van der Waals surface area contributed by atoms with Gasteiger partial charge in [-0.15, -0.1) is 0 Å². The molecule has 1 amide bonds. The van der Waals surface area contributed by atoms with Crippen LogP contribution in [0.5, 0.6) is 0 Å². The summed E-state index contributed by atoms with van der Waals surface area (Å²) in [6, 6.07) is 0. The van der Waals surface area contributed by atoms with Crippen molar-refractivity contribution in [2.24, 2.45) is 11.0 Å². The molecule has 0 aliphatic heterocycles. The van der Waals surface area contributed by atoms with E-state index in [9.17, 15) is 4.79 Å². The molecular formula is C9H13N3O3. The van der Waals surface area contributed by atoms with Crippen LogP contribution in [0.1, 0.15) is 12.8 Å². The Labute approximate surface area is 87.5 Å². The van der Waals surface area contributed by atoms with Gasteiger partial charge in [-0.1, -0.05) is 0 Å². The van der Waals surface area contributed by atoms with Crippen molar-refractivity contribution < 1.29 is 14.3 Å². The first-order chi connectivity index (χ1) is 7.21. The number of ether oxygens (including phenoxy) is 2. The molecule has 6 nitrogen and oxygen atoms in total. The minimum atomic E-state index is -0.492. The lowest BCUT2D eigenvalue weighted by Crippen LogP contribution is -2.25. The predicted octanol–water partition coefficient (Wildman–Crippen LogP) is 1.78. The maximum absolute atomic E-state index is 11.3. The molecule has 0 spiro atoms. The van der Waals surface area contributed by atoms with Gasteiger partial charge in [-0.3, -0.25) is 4.79 Å². The highest BCUT2D eigenvalue weighted by molar-refractivity contribution is 5.81. The van der Waals surface area contributed by atoms with Crippen LogP contribution >= 0.6 is 0 Å². The van der Waals surface area contributed by atoms with E-state index in [1.807, 2.05) is 0 Å². The Morgan fingerprint density at radius 1 is 1.67 bits per heavy atom. The van der Waals surface area contributed by atoms with Gasteiger partial charge < -0.3 is 9.47 Å². The molecule has 15 heavy (non-hydrogen) atoms. The molecule has 82 valence electrons. The van der Waals surface area contributed by atoms with Crippen molar-refractivity contribution in [3.8, 4) is 0 Å². The maximum Gasteiger partial charge on any atom is 0.225 e. The maximum atomic E-state index is 11.3. The van der Waals surface area contributed by atoms with Gasteiger partial charge in [0.05, 0.1) is 19.0 Å². The van der Waals surface area contributed by atoms with E-state index in [0.29, 0.717) is 18.6 Å². The third-order valence-electron chi connectivity index (χ3n) is 2.39. The molecule has 6 heteroatoms. The number of methoxy groups -OCH3 is 2. The number of nitrogens with zero attached hydrogens (tertiary/aromatic N) is 3. The summed E-state index contributed by atoms with van der Waals surface area (Å²) >= 11 is 0. The zero-order chi connectivity index (χ0) is 11.3. The fraction of sp³-hybridized carbons (Fsp3) is 0.667. The quantitative estimate of drug-likeness (QED) is 0.405. The van der Waals surface area contributed by atoms with Crippen molar-refractivity contribution in [1.29, 1.82) is 0 Å². The third kappa shape index (κ3) is 2.97. The van der Waals surface area contributed by atoms with Gasteiger partial charge in [-0.2, -0.15) is 0 Å². The molecule has 0 fully saturated rings. The van der Waals surface area contributed by atoms with Crippen LogP contribution in [0.3, 0.4) is 0 Å². The Morgan fingerprint density at radius 2 is 2.40 bits per heavy atom. The van der Waals surface area contributed by atoms with E-state index in [1.54, 1.807) is 20.3 Å². The second kappa shape index (κ2) is 5.38. The first-order valence-electron chi connectivity index (χ1n) is 4.57. The molecule has 1 aliphatic rings. The minimum Gasteiger partial charge on any atom is -0.501 e. The topological polar surface area (TPSA) is 84.3 Å². The minimum absolute atomic E-state index is 0.0622. The van der Waals surface area contributed by atoms with Crippen LogP contribution in [-0.2, 0) is 14.3 Å². The van der Waals surface area contributed by atoms with E-state index < -0.39 is 11.8 Å². The molecule has 0 saturated carbocycles. The molecule has 2 atom stereocenters. The van der Waals surface area contributed by atoms with Gasteiger partial charge in [0.25, 0.3) is 0 Å². The fourth-order valence-corrected chi connectivity index (χ4v) is 1.57. The van der Waals surface area contributed by atoms with Crippen LogP contribution in [-0.4, -0.2) is 26.2 Å². The number of carbonyl (C=O) groups excluding carboxylic acids is 1. The van der Waals surface area contributed by atoms with E-state index in [0.717, 1.165) is 0 Å². The van der Waals surface area contributed by atoms with Crippen molar-refractivity contribution in [2.45, 2.75) is 18.9 Å². The molecule has 1 rings (SSSR count). The Bertz CT molecular complexity index is 321. The summed E-state index contributed by atoms with van der Waals surface area (Å²) in [5.41, 5.74) is 8.17. The number of hydrogen-bond donors (Lipinski definition) is 0. The van der Waals surface area contributed by atoms with Crippen molar-refractivity contribution in [3.05, 3.63) is 22.3 Å². The SMILES string of the molecule is COC1=CC(C(=O)N=[N+]=[N-])CC(OC)C1. The van der Waals surface area contributed by atoms with Gasteiger partial charge in [0, 0.05) is 24.4 Å². The second-order valence-electron chi connectivity index (χ2n) is 3.27. The molecular weight excluding hydrogens is 198 g/mol. The highest BCUT2D eigenvalue weighted by Gasteiger charge is 2.26. The Hall–Kier alpha value is -1.52. The van der Waals surface area contributed by atoms with Gasteiger partial charge >= 0.3 is 0 Å². The summed E-state index contributed by atoms with van der Waals surface area (Å²) in [4.78, 5) is 13.8. The average Bonchev–Trinajstić information content (AvgIpc) is 2.28. The molecule has 1 aliphatic carbocycles. The normalized spacial score (nSPS) is 25.1. The fourth-order valence-electron chi connectivity index (χ4n) is 1.57. The summed E-state index contributed by atoms with van der Waals surface area (Å²) in [6.07, 6.45) is 2.80. The number of hydrogen-bond acceptors (Lipinski definition) is 3. The number of amides is 1. The van der Waals surface area contributed by atoms with Crippen LogP contribution < -0.4 is 0 Å². The lowest BCUT2D eigenvalue weighted by atomic mass is 9.92. The summed E-state index contributed by atoms with van der Waals surface area (Å²) < 4.78 is 10.2. The summed E-state index contributed by atoms with van der Waals surface area (Å²) in [7, 11) is 3.12. The van der Waals surface area contributed by atoms with Crippen molar-refractivity contribution in [3.63, 3.8) is 0 Å². The zero-order valence-corrected chi connectivity index (χ0v) is 8.71. The van der Waals surface area contributed by atoms with Gasteiger partial charge in [0.1, 0.15) is 0 Å². The first kappa shape index (κ1) is 11.6. The standard InChI is InChI=1S/C9H13N3O3/c1-14-7-3-6(9(13)11-12-10)4-8(5-7)15-2/h3,6,8H,4-5H2,1-2H3. The van der Waals surface area contributed by atoms with E-state index >= 15 is 0 Å². The molecule has 0 N–H and O–H groups in total. The van der Waals surface area contributed by atoms with Crippen molar-refractivity contribution >= 4 is 5.91 Å². The van der Waals surface area contributed by atoms with Gasteiger partial charge in [0.15, 0.2) is 0 Å². The molecule has 0 aromatic carbocycles. The summed E-state index contributed by atoms with van der Waals surface area (Å²) in [5, 5.41) is 3.07. The predicted molar refractivity (Wildman–Crippen MR) is 52.8 cm³/mol. The van der Waals surface area contributed by atoms with Crippen molar-refractivity contribution in [1.82, 2.24) is 0 Å². The molecule has 0 bridgehead atoms. The van der Waals surface area contributed by atoms with E-state index in [2.05, 4.69) is 10.0 Å². The lowest BCUT2D eigenvalue weighted by molar-refractivity contribution is -0.121. The zero-order valence-electron chi connectivity index (χ0n) is 8.71. The van der Waals surface area contributed by atoms with Crippen LogP contribution in [0, 0.1) is 5.92 Å². The second-order valence-corrected chi connectivity index (χ2v) is 3.27. The molecule has 0 aromatic rings. The van der Waals surface area contributed by atoms with Gasteiger partial charge in [-0.25, -0.2) is 0 Å². The molecule has 0 radical (unpaired) electrons. The van der Waals surface area contributed by atoms with Crippen LogP contribution in [0.25, 0.3) is 10.4 Å². The lowest BCUT2D eigenvalue weighted by Gasteiger charge is -2.25. The monoisotopic (exact) mass is 211 g/mol. The van der Waals surface area contributed by atoms with E-state index in [-0.39, 0.29) is 6.10 Å². The van der Waals surface area contributed by atoms with Gasteiger partial charge in [-0.05, 0) is 23.1 Å². The largest absolute Gasteiger partial charge is 0.501 e. The van der Waals surface area contributed by atoms with Crippen molar-refractivity contribution in [2.75, 3.05) is 14.2 Å². The molecule has 2 unspecified atom stereocenters. The van der Waals surface area contributed by atoms with Crippen LogP contribution in [0.2, 0.25) is 0 Å².